The number of hydrogen-bond donors (Lipinski definition) is 0. The van der Waals surface area contributed by atoms with Crippen LogP contribution in [0.5, 0.6) is 0 Å². The zero-order chi connectivity index (χ0) is 62.3. The smallest absolute Gasteiger partial charge is 0.493 e. The van der Waals surface area contributed by atoms with Crippen LogP contribution in [0.3, 0.4) is 0 Å². The molecule has 0 fully saturated rings. The van der Waals surface area contributed by atoms with Crippen molar-refractivity contribution in [1.29, 1.82) is 0 Å². The Bertz CT molecular complexity index is 1650. The molecule has 506 valence electrons. The summed E-state index contributed by atoms with van der Waals surface area (Å²) in [7, 11) is 0. The van der Waals surface area contributed by atoms with Gasteiger partial charge in [0.1, 0.15) is 0 Å². The molecule has 0 amide bonds. The molecule has 0 aromatic heterocycles. The number of allylic oxidation sites excluding steroid dienone is 2. The van der Waals surface area contributed by atoms with E-state index in [0.717, 1.165) is 61.0 Å². The molecule has 2 aromatic rings. The van der Waals surface area contributed by atoms with Crippen molar-refractivity contribution in [1.82, 2.24) is 0 Å². The van der Waals surface area contributed by atoms with Gasteiger partial charge in [-0.25, -0.2) is 4.70 Å². The SMILES string of the molecule is CCCCCC1=C(c2cccc(CCCC)c2)[N+](=[N-])C(c2cccc(CCCC)c2)=C1CCCCC.[CH2-]CCCCCCCCCCCCCCCCCCCCCCCC.[CH2-]CCCCCCCCCCCCCCCCCCCCCCCC.[Ni+2]. The van der Waals surface area contributed by atoms with Gasteiger partial charge in [-0.15, -0.1) is 0 Å². The monoisotopic (exact) mass is 1250 g/mol. The normalized spacial score (nSPS) is 12.2. The molecule has 0 unspecified atom stereocenters. The fourth-order valence-electron chi connectivity index (χ4n) is 13.0. The maximum atomic E-state index is 11.9. The van der Waals surface area contributed by atoms with Crippen molar-refractivity contribution in [3.8, 4) is 0 Å². The third-order valence-electron chi connectivity index (χ3n) is 18.7. The van der Waals surface area contributed by atoms with E-state index in [0.29, 0.717) is 0 Å². The second-order valence-electron chi connectivity index (χ2n) is 27.0. The molecule has 3 rings (SSSR count). The molecule has 1 aliphatic rings. The van der Waals surface area contributed by atoms with E-state index in [1.165, 1.54) is 369 Å². The Morgan fingerprint density at radius 3 is 0.690 bits per heavy atom. The van der Waals surface area contributed by atoms with Crippen molar-refractivity contribution in [2.24, 2.45) is 0 Å². The number of rotatable bonds is 60. The van der Waals surface area contributed by atoms with Gasteiger partial charge in [-0.05, 0) is 86.8 Å². The van der Waals surface area contributed by atoms with Crippen molar-refractivity contribution in [2.75, 3.05) is 0 Å². The first-order valence-corrected chi connectivity index (χ1v) is 39.2. The van der Waals surface area contributed by atoms with Gasteiger partial charge in [-0.1, -0.05) is 387 Å². The summed E-state index contributed by atoms with van der Waals surface area (Å²) in [6.45, 7) is 21.4. The van der Waals surface area contributed by atoms with Crippen molar-refractivity contribution in [3.05, 3.63) is 101 Å². The summed E-state index contributed by atoms with van der Waals surface area (Å²) in [4.78, 5) is 0. The Hall–Kier alpha value is -1.99. The van der Waals surface area contributed by atoms with Gasteiger partial charge < -0.3 is 19.4 Å². The average molecular weight is 1250 g/mol. The van der Waals surface area contributed by atoms with Crippen LogP contribution in [0.2, 0.25) is 0 Å². The van der Waals surface area contributed by atoms with Crippen LogP contribution in [0.4, 0.5) is 0 Å². The first kappa shape index (κ1) is 85.0. The molecule has 0 saturated carbocycles. The molecule has 0 atom stereocenters. The maximum absolute atomic E-state index is 11.9. The number of hydrogen-bond acceptors (Lipinski definition) is 0. The molecule has 0 spiro atoms. The summed E-state index contributed by atoms with van der Waals surface area (Å²) < 4.78 is 1.56. The van der Waals surface area contributed by atoms with Crippen molar-refractivity contribution in [2.45, 2.75) is 427 Å². The van der Waals surface area contributed by atoms with E-state index < -0.39 is 0 Å². The van der Waals surface area contributed by atoms with Crippen LogP contribution in [0.25, 0.3) is 16.9 Å². The molecule has 87 heavy (non-hydrogen) atoms. The van der Waals surface area contributed by atoms with Crippen LogP contribution in [-0.4, -0.2) is 4.70 Å². The molecule has 1 aliphatic heterocycles. The van der Waals surface area contributed by atoms with Crippen LogP contribution < -0.4 is 0 Å². The molecular formula is C84H150N2Ni. The molecule has 0 aliphatic carbocycles. The van der Waals surface area contributed by atoms with Crippen LogP contribution in [-0.2, 0) is 29.3 Å². The summed E-state index contributed by atoms with van der Waals surface area (Å²) in [6, 6.07) is 17.8. The van der Waals surface area contributed by atoms with Crippen LogP contribution in [0.1, 0.15) is 436 Å². The van der Waals surface area contributed by atoms with Crippen molar-refractivity contribution >= 4 is 11.4 Å². The van der Waals surface area contributed by atoms with E-state index in [2.05, 4.69) is 104 Å². The largest absolute Gasteiger partial charge is 2.00 e. The third kappa shape index (κ3) is 48.4. The molecule has 0 bridgehead atoms. The Balaban J connectivity index is 0.00000131. The summed E-state index contributed by atoms with van der Waals surface area (Å²) in [5, 5.41) is 0. The predicted octanol–water partition coefficient (Wildman–Crippen LogP) is 30.3. The molecule has 0 N–H and O–H groups in total. The molecular weight excluding hydrogens is 1100 g/mol. The second kappa shape index (κ2) is 66.9. The summed E-state index contributed by atoms with van der Waals surface area (Å²) in [6.07, 6.45) is 82.8. The van der Waals surface area contributed by atoms with Gasteiger partial charge in [-0.3, -0.25) is 0 Å². The molecule has 0 saturated heterocycles. The van der Waals surface area contributed by atoms with Gasteiger partial charge in [0, 0.05) is 22.3 Å². The Kier molecular flexibility index (Phi) is 65.4. The summed E-state index contributed by atoms with van der Waals surface area (Å²) >= 11 is 0. The van der Waals surface area contributed by atoms with Gasteiger partial charge >= 0.3 is 16.5 Å². The van der Waals surface area contributed by atoms with E-state index >= 15 is 0 Å². The summed E-state index contributed by atoms with van der Waals surface area (Å²) in [5.41, 5.74) is 21.7. The van der Waals surface area contributed by atoms with E-state index in [1.807, 2.05) is 0 Å². The maximum Gasteiger partial charge on any atom is 2.00 e. The van der Waals surface area contributed by atoms with Crippen LogP contribution in [0, 0.1) is 13.8 Å². The van der Waals surface area contributed by atoms with E-state index in [9.17, 15) is 5.53 Å². The molecule has 2 nitrogen and oxygen atoms in total. The zero-order valence-electron chi connectivity index (χ0n) is 59.7. The molecule has 1 heterocycles. The van der Waals surface area contributed by atoms with Gasteiger partial charge in [0.15, 0.2) is 0 Å². The summed E-state index contributed by atoms with van der Waals surface area (Å²) in [5.74, 6) is 0. The van der Waals surface area contributed by atoms with Gasteiger partial charge in [0.05, 0.1) is 0 Å². The number of aryl methyl sites for hydroxylation is 2. The number of benzene rings is 2. The number of unbranched alkanes of at least 4 members (excludes halogenated alkanes) is 50. The van der Waals surface area contributed by atoms with E-state index in [1.54, 1.807) is 4.70 Å². The minimum atomic E-state index is 0. The topological polar surface area (TPSA) is 25.3 Å². The minimum Gasteiger partial charge on any atom is -0.493 e. The van der Waals surface area contributed by atoms with E-state index in [-0.39, 0.29) is 16.5 Å². The second-order valence-corrected chi connectivity index (χ2v) is 27.0. The number of nitrogens with zero attached hydrogens (tertiary/aromatic N) is 2. The zero-order valence-corrected chi connectivity index (χ0v) is 60.7. The molecule has 3 heteroatoms. The van der Waals surface area contributed by atoms with Gasteiger partial charge in [0.25, 0.3) is 0 Å². The fraction of sp³-hybridized carbons (Fsp3) is 0.786. The van der Waals surface area contributed by atoms with Crippen LogP contribution in [0.15, 0.2) is 59.7 Å². The first-order valence-electron chi connectivity index (χ1n) is 39.2. The fourth-order valence-corrected chi connectivity index (χ4v) is 13.0. The first-order chi connectivity index (χ1) is 42.5. The molecule has 0 radical (unpaired) electrons. The van der Waals surface area contributed by atoms with Crippen LogP contribution >= 0.6 is 0 Å². The Morgan fingerprint density at radius 2 is 0.471 bits per heavy atom. The standard InChI is InChI=1S/C34H48N2.2C25H51.Ni/c1-5-9-13-23-31-32(24-14-10-6-2)34(30-22-16-20-28(26-30)18-12-8-4)36(35)33(31)29-21-15-19-27(25-29)17-11-7-3;2*1-3-5-7-9-11-13-15-17-19-21-23-25-24-22-20-18-16-14-12-10-8-6-4-2;/h15-16,19-22,25-26H,5-14,17-18,23-24H2,1-4H3;2*1,3-25H2,2H3;/q;2*-1;+2. The quantitative estimate of drug-likeness (QED) is 0.0273. The third-order valence-corrected chi connectivity index (χ3v) is 18.7. The van der Waals surface area contributed by atoms with Crippen molar-refractivity contribution in [3.63, 3.8) is 0 Å². The van der Waals surface area contributed by atoms with Gasteiger partial charge in [0.2, 0.25) is 11.4 Å². The van der Waals surface area contributed by atoms with E-state index in [4.69, 9.17) is 0 Å². The Morgan fingerprint density at radius 1 is 0.264 bits per heavy atom. The Labute approximate surface area is 557 Å². The van der Waals surface area contributed by atoms with Gasteiger partial charge in [-0.2, -0.15) is 12.8 Å². The predicted molar refractivity (Wildman–Crippen MR) is 390 cm³/mol. The average Bonchev–Trinajstić information content (AvgIpc) is 2.08. The minimum absolute atomic E-state index is 0. The van der Waals surface area contributed by atoms with Crippen molar-refractivity contribution < 1.29 is 21.2 Å². The molecule has 2 aromatic carbocycles.